The van der Waals surface area contributed by atoms with Gasteiger partial charge in [-0.2, -0.15) is 0 Å². The fourth-order valence-corrected chi connectivity index (χ4v) is 5.35. The number of primary amides is 1. The van der Waals surface area contributed by atoms with Gasteiger partial charge in [-0.05, 0) is 57.5 Å². The first-order valence-electron chi connectivity index (χ1n) is 11.6. The van der Waals surface area contributed by atoms with Crippen LogP contribution in [0.4, 0.5) is 5.95 Å². The second-order valence-corrected chi connectivity index (χ2v) is 10.5. The zero-order chi connectivity index (χ0) is 25.8. The molecule has 5 rings (SSSR count). The van der Waals surface area contributed by atoms with Crippen molar-refractivity contribution in [3.05, 3.63) is 87.6 Å². The number of carbonyl (C=O) groups excluding carboxylic acids is 2. The van der Waals surface area contributed by atoms with Gasteiger partial charge >= 0.3 is 0 Å². The fraction of sp³-hybridized carbons (Fsp3) is 0.214. The lowest BCUT2D eigenvalue weighted by Gasteiger charge is -2.26. The van der Waals surface area contributed by atoms with Crippen molar-refractivity contribution in [1.82, 2.24) is 14.9 Å². The molecule has 0 radical (unpaired) electrons. The Bertz CT molecular complexity index is 1530. The van der Waals surface area contributed by atoms with E-state index in [1.807, 2.05) is 57.2 Å². The van der Waals surface area contributed by atoms with E-state index < -0.39 is 5.91 Å². The molecular formula is C28H26ClN5O2. The van der Waals surface area contributed by atoms with Crippen molar-refractivity contribution in [2.45, 2.75) is 39.3 Å². The molecule has 0 bridgehead atoms. The number of rotatable bonds is 3. The van der Waals surface area contributed by atoms with Crippen molar-refractivity contribution in [2.75, 3.05) is 5.73 Å². The molecular weight excluding hydrogens is 474 g/mol. The normalized spacial score (nSPS) is 13.2. The number of hydrogen-bond donors (Lipinski definition) is 2. The van der Waals surface area contributed by atoms with E-state index in [1.54, 1.807) is 23.1 Å². The average Bonchev–Trinajstić information content (AvgIpc) is 3.26. The Morgan fingerprint density at radius 3 is 2.25 bits per heavy atom. The van der Waals surface area contributed by atoms with E-state index in [-0.39, 0.29) is 23.0 Å². The van der Waals surface area contributed by atoms with Gasteiger partial charge in [0.25, 0.3) is 5.91 Å². The van der Waals surface area contributed by atoms with Crippen molar-refractivity contribution >= 4 is 40.3 Å². The van der Waals surface area contributed by atoms with Gasteiger partial charge in [-0.25, -0.2) is 9.97 Å². The second kappa shape index (κ2) is 8.60. The quantitative estimate of drug-likeness (QED) is 0.407. The minimum absolute atomic E-state index is 0.0197. The minimum atomic E-state index is -0.563. The number of halogens is 1. The number of nitrogen functional groups attached to an aromatic ring is 1. The highest BCUT2D eigenvalue weighted by molar-refractivity contribution is 6.32. The Labute approximate surface area is 214 Å². The summed E-state index contributed by atoms with van der Waals surface area (Å²) in [5.41, 5.74) is 16.8. The molecule has 1 aromatic heterocycles. The van der Waals surface area contributed by atoms with Crippen LogP contribution in [0.2, 0.25) is 5.02 Å². The van der Waals surface area contributed by atoms with Crippen LogP contribution < -0.4 is 11.5 Å². The zero-order valence-electron chi connectivity index (χ0n) is 20.3. The summed E-state index contributed by atoms with van der Waals surface area (Å²) >= 11 is 6.64. The number of amides is 2. The van der Waals surface area contributed by atoms with E-state index in [9.17, 15) is 9.59 Å². The van der Waals surface area contributed by atoms with E-state index in [0.29, 0.717) is 45.7 Å². The molecule has 3 aromatic carbocycles. The molecule has 0 saturated heterocycles. The van der Waals surface area contributed by atoms with Crippen molar-refractivity contribution in [3.63, 3.8) is 0 Å². The lowest BCUT2D eigenvalue weighted by molar-refractivity contribution is 0.0747. The van der Waals surface area contributed by atoms with Crippen LogP contribution in [-0.4, -0.2) is 26.7 Å². The summed E-state index contributed by atoms with van der Waals surface area (Å²) in [5, 5.41) is 1.07. The van der Waals surface area contributed by atoms with Gasteiger partial charge < -0.3 is 16.4 Å². The third-order valence-electron chi connectivity index (χ3n) is 6.50. The summed E-state index contributed by atoms with van der Waals surface area (Å²) in [6.45, 7) is 7.05. The van der Waals surface area contributed by atoms with Crippen LogP contribution in [0.15, 0.2) is 54.6 Å². The van der Waals surface area contributed by atoms with Gasteiger partial charge in [0.1, 0.15) is 5.69 Å². The summed E-state index contributed by atoms with van der Waals surface area (Å²) < 4.78 is 0. The molecule has 1 aliphatic heterocycles. The summed E-state index contributed by atoms with van der Waals surface area (Å²) in [7, 11) is 0. The Kier molecular flexibility index (Phi) is 5.68. The molecule has 8 heteroatoms. The first kappa shape index (κ1) is 23.8. The number of hydrogen-bond acceptors (Lipinski definition) is 5. The maximum atomic E-state index is 13.7. The van der Waals surface area contributed by atoms with E-state index in [2.05, 4.69) is 9.97 Å². The predicted molar refractivity (Wildman–Crippen MR) is 142 cm³/mol. The van der Waals surface area contributed by atoms with Crippen molar-refractivity contribution in [1.29, 1.82) is 0 Å². The molecule has 0 aliphatic carbocycles. The monoisotopic (exact) mass is 499 g/mol. The first-order chi connectivity index (χ1) is 17.0. The molecule has 36 heavy (non-hydrogen) atoms. The third-order valence-corrected chi connectivity index (χ3v) is 6.82. The fourth-order valence-electron chi connectivity index (χ4n) is 4.91. The van der Waals surface area contributed by atoms with Crippen LogP contribution in [0, 0.1) is 0 Å². The van der Waals surface area contributed by atoms with Crippen molar-refractivity contribution in [3.8, 4) is 11.1 Å². The molecule has 2 amide bonds. The number of fused-ring (bicyclic) bond motifs is 2. The molecule has 0 saturated carbocycles. The highest BCUT2D eigenvalue weighted by Gasteiger charge is 2.29. The standard InChI is InChI=1S/C28H26ClN5O2/c1-28(2,3)23-20(29)10-9-18(25(30)35)22(23)15-8-11-21-19(12-15)24(33-27(31)32-21)26(36)34-13-16-6-4-5-7-17(16)14-34/h4-12H,13-14H2,1-3H3,(H2,30,35)(H2,31,32,33). The molecule has 4 N–H and O–H groups in total. The number of anilines is 1. The van der Waals surface area contributed by atoms with E-state index >= 15 is 0 Å². The smallest absolute Gasteiger partial charge is 0.273 e. The summed E-state index contributed by atoms with van der Waals surface area (Å²) in [5.74, 6) is -0.780. The third kappa shape index (κ3) is 4.05. The zero-order valence-corrected chi connectivity index (χ0v) is 21.1. The predicted octanol–water partition coefficient (Wildman–Crippen LogP) is 5.08. The Balaban J connectivity index is 1.70. The lowest BCUT2D eigenvalue weighted by Crippen LogP contribution is -2.27. The highest BCUT2D eigenvalue weighted by Crippen LogP contribution is 2.41. The van der Waals surface area contributed by atoms with Crippen molar-refractivity contribution < 1.29 is 9.59 Å². The maximum absolute atomic E-state index is 13.7. The number of carbonyl (C=O) groups is 2. The van der Waals surface area contributed by atoms with Gasteiger partial charge in [0.2, 0.25) is 11.9 Å². The highest BCUT2D eigenvalue weighted by atomic mass is 35.5. The Morgan fingerprint density at radius 2 is 1.64 bits per heavy atom. The first-order valence-corrected chi connectivity index (χ1v) is 12.0. The second-order valence-electron chi connectivity index (χ2n) is 10.1. The Hall–Kier alpha value is -3.97. The SMILES string of the molecule is CC(C)(C)c1c(Cl)ccc(C(N)=O)c1-c1ccc2nc(N)nc(C(=O)N3Cc4ccccc4C3)c2c1. The van der Waals surface area contributed by atoms with Gasteiger partial charge in [-0.15, -0.1) is 0 Å². The number of nitrogens with two attached hydrogens (primary N) is 2. The molecule has 7 nitrogen and oxygen atoms in total. The van der Waals surface area contributed by atoms with Crippen molar-refractivity contribution in [2.24, 2.45) is 5.73 Å². The van der Waals surface area contributed by atoms with Crippen LogP contribution in [0.1, 0.15) is 58.3 Å². The van der Waals surface area contributed by atoms with Gasteiger partial charge in [0.15, 0.2) is 0 Å². The van der Waals surface area contributed by atoms with Gasteiger partial charge in [-0.3, -0.25) is 9.59 Å². The lowest BCUT2D eigenvalue weighted by atomic mass is 9.79. The maximum Gasteiger partial charge on any atom is 0.273 e. The number of nitrogens with zero attached hydrogens (tertiary/aromatic N) is 3. The van der Waals surface area contributed by atoms with Crippen LogP contribution in [0.3, 0.4) is 0 Å². The molecule has 0 atom stereocenters. The van der Waals surface area contributed by atoms with Crippen LogP contribution >= 0.6 is 11.6 Å². The topological polar surface area (TPSA) is 115 Å². The number of benzene rings is 3. The molecule has 0 fully saturated rings. The van der Waals surface area contributed by atoms with E-state index in [0.717, 1.165) is 16.7 Å². The van der Waals surface area contributed by atoms with Gasteiger partial charge in [0.05, 0.1) is 5.52 Å². The minimum Gasteiger partial charge on any atom is -0.368 e. The molecule has 2 heterocycles. The van der Waals surface area contributed by atoms with Gasteiger partial charge in [0, 0.05) is 29.1 Å². The summed E-state index contributed by atoms with van der Waals surface area (Å²) in [6.07, 6.45) is 0. The van der Waals surface area contributed by atoms with Crippen LogP contribution in [0.5, 0.6) is 0 Å². The van der Waals surface area contributed by atoms with Crippen LogP contribution in [0.25, 0.3) is 22.0 Å². The van der Waals surface area contributed by atoms with E-state index in [4.69, 9.17) is 23.1 Å². The molecule has 0 spiro atoms. The molecule has 1 aliphatic rings. The molecule has 0 unspecified atom stereocenters. The number of aromatic nitrogens is 2. The average molecular weight is 500 g/mol. The molecule has 182 valence electrons. The molecule has 4 aromatic rings. The van der Waals surface area contributed by atoms with Crippen LogP contribution in [-0.2, 0) is 18.5 Å². The summed E-state index contributed by atoms with van der Waals surface area (Å²) in [4.78, 5) is 36.5. The van der Waals surface area contributed by atoms with E-state index in [1.165, 1.54) is 0 Å². The Morgan fingerprint density at radius 1 is 0.972 bits per heavy atom. The summed E-state index contributed by atoms with van der Waals surface area (Å²) in [6, 6.07) is 16.7. The van der Waals surface area contributed by atoms with Gasteiger partial charge in [-0.1, -0.05) is 62.7 Å². The largest absolute Gasteiger partial charge is 0.368 e.